The van der Waals surface area contributed by atoms with Gasteiger partial charge in [-0.05, 0) is 54.4 Å². The van der Waals surface area contributed by atoms with Gasteiger partial charge in [-0.15, -0.1) is 0 Å². The average molecular weight is 354 g/mol. The lowest BCUT2D eigenvalue weighted by atomic mass is 10.1. The number of aliphatic hydroxyl groups is 1. The second-order valence-corrected chi connectivity index (χ2v) is 5.64. The summed E-state index contributed by atoms with van der Waals surface area (Å²) in [6.45, 7) is 1.70. The molecule has 21 heavy (non-hydrogen) atoms. The third-order valence-electron chi connectivity index (χ3n) is 3.14. The van der Waals surface area contributed by atoms with Crippen LogP contribution >= 0.6 is 15.9 Å². The maximum Gasteiger partial charge on any atom is 0.125 e. The highest BCUT2D eigenvalue weighted by Gasteiger charge is 2.15. The zero-order chi connectivity index (χ0) is 15.4. The van der Waals surface area contributed by atoms with Gasteiger partial charge >= 0.3 is 0 Å². The van der Waals surface area contributed by atoms with Crippen molar-refractivity contribution >= 4 is 21.6 Å². The Hall–Kier alpha value is -1.59. The summed E-state index contributed by atoms with van der Waals surface area (Å²) in [6.07, 6.45) is 0. The molecule has 0 spiro atoms. The van der Waals surface area contributed by atoms with E-state index in [1.807, 2.05) is 31.2 Å². The number of hydrogen-bond donors (Lipinski definition) is 2. The zero-order valence-electron chi connectivity index (χ0n) is 11.9. The molecule has 3 nitrogen and oxygen atoms in total. The Morgan fingerprint density at radius 1 is 1.29 bits per heavy atom. The van der Waals surface area contributed by atoms with Crippen molar-refractivity contribution in [3.05, 3.63) is 57.8 Å². The van der Waals surface area contributed by atoms with Crippen molar-refractivity contribution in [2.24, 2.45) is 0 Å². The lowest BCUT2D eigenvalue weighted by Gasteiger charge is -2.20. The van der Waals surface area contributed by atoms with Crippen LogP contribution in [0.4, 0.5) is 10.1 Å². The Bertz CT molecular complexity index is 613. The number of anilines is 1. The molecule has 0 radical (unpaired) electrons. The summed E-state index contributed by atoms with van der Waals surface area (Å²) >= 11 is 3.46. The van der Waals surface area contributed by atoms with Gasteiger partial charge in [-0.1, -0.05) is 15.9 Å². The summed E-state index contributed by atoms with van der Waals surface area (Å²) in [4.78, 5) is 0. The standard InChI is InChI=1S/C16H17BrFNO2/c1-10-5-11(18)7-12(6-10)19-16(9-20)14-8-13(21-2)3-4-15(14)17/h3-8,16,19-20H,9H2,1-2H3. The van der Waals surface area contributed by atoms with Gasteiger partial charge in [0.05, 0.1) is 19.8 Å². The van der Waals surface area contributed by atoms with Crippen molar-refractivity contribution in [3.8, 4) is 5.75 Å². The van der Waals surface area contributed by atoms with Crippen LogP contribution in [-0.2, 0) is 0 Å². The molecule has 0 aromatic heterocycles. The summed E-state index contributed by atoms with van der Waals surface area (Å²) in [5.74, 6) is 0.391. The zero-order valence-corrected chi connectivity index (χ0v) is 13.4. The minimum atomic E-state index is -0.365. The monoisotopic (exact) mass is 353 g/mol. The molecule has 5 heteroatoms. The van der Waals surface area contributed by atoms with Crippen LogP contribution in [0.3, 0.4) is 0 Å². The number of benzene rings is 2. The van der Waals surface area contributed by atoms with Crippen LogP contribution in [0.2, 0.25) is 0 Å². The maximum absolute atomic E-state index is 13.5. The lowest BCUT2D eigenvalue weighted by molar-refractivity contribution is 0.275. The summed E-state index contributed by atoms with van der Waals surface area (Å²) in [7, 11) is 1.59. The highest BCUT2D eigenvalue weighted by molar-refractivity contribution is 9.10. The molecule has 0 saturated carbocycles. The van der Waals surface area contributed by atoms with Crippen LogP contribution in [-0.4, -0.2) is 18.8 Å². The molecule has 0 aliphatic carbocycles. The molecule has 2 aromatic rings. The van der Waals surface area contributed by atoms with Gasteiger partial charge < -0.3 is 15.2 Å². The fourth-order valence-corrected chi connectivity index (χ4v) is 2.68. The van der Waals surface area contributed by atoms with Crippen LogP contribution in [0.25, 0.3) is 0 Å². The van der Waals surface area contributed by atoms with Gasteiger partial charge in [0.2, 0.25) is 0 Å². The predicted octanol–water partition coefficient (Wildman–Crippen LogP) is 4.05. The van der Waals surface area contributed by atoms with E-state index < -0.39 is 0 Å². The molecule has 0 fully saturated rings. The SMILES string of the molecule is COc1ccc(Br)c(C(CO)Nc2cc(C)cc(F)c2)c1. The van der Waals surface area contributed by atoms with Crippen molar-refractivity contribution in [2.75, 3.05) is 19.0 Å². The molecule has 0 bridgehead atoms. The highest BCUT2D eigenvalue weighted by atomic mass is 79.9. The third kappa shape index (κ3) is 3.95. The average Bonchev–Trinajstić information content (AvgIpc) is 2.44. The first-order chi connectivity index (χ1) is 10.0. The van der Waals surface area contributed by atoms with E-state index in [2.05, 4.69) is 21.2 Å². The molecule has 1 atom stereocenters. The van der Waals surface area contributed by atoms with E-state index in [0.717, 1.165) is 15.6 Å². The smallest absolute Gasteiger partial charge is 0.125 e. The van der Waals surface area contributed by atoms with Crippen LogP contribution < -0.4 is 10.1 Å². The quantitative estimate of drug-likeness (QED) is 0.851. The van der Waals surface area contributed by atoms with Crippen LogP contribution in [0.1, 0.15) is 17.2 Å². The van der Waals surface area contributed by atoms with E-state index in [9.17, 15) is 9.50 Å². The van der Waals surface area contributed by atoms with Crippen molar-refractivity contribution in [2.45, 2.75) is 13.0 Å². The molecular formula is C16H17BrFNO2. The Labute approximate surface area is 131 Å². The minimum absolute atomic E-state index is 0.124. The van der Waals surface area contributed by atoms with E-state index in [0.29, 0.717) is 11.4 Å². The van der Waals surface area contributed by atoms with Gasteiger partial charge in [-0.3, -0.25) is 0 Å². The normalized spacial score (nSPS) is 12.0. The van der Waals surface area contributed by atoms with Gasteiger partial charge in [0.25, 0.3) is 0 Å². The molecule has 0 amide bonds. The Kier molecular flexibility index (Phi) is 5.20. The molecule has 0 aliphatic heterocycles. The number of nitrogens with one attached hydrogen (secondary N) is 1. The van der Waals surface area contributed by atoms with E-state index in [1.54, 1.807) is 7.11 Å². The summed E-state index contributed by atoms with van der Waals surface area (Å²) < 4.78 is 19.5. The number of hydrogen-bond acceptors (Lipinski definition) is 3. The van der Waals surface area contributed by atoms with E-state index in [-0.39, 0.29) is 18.5 Å². The number of aryl methyl sites for hydroxylation is 1. The first-order valence-electron chi connectivity index (χ1n) is 6.51. The molecule has 0 heterocycles. The first kappa shape index (κ1) is 15.8. The van der Waals surface area contributed by atoms with E-state index >= 15 is 0 Å². The molecule has 2 N–H and O–H groups in total. The van der Waals surface area contributed by atoms with Gasteiger partial charge in [0, 0.05) is 10.2 Å². The second-order valence-electron chi connectivity index (χ2n) is 4.78. The number of methoxy groups -OCH3 is 1. The molecule has 1 unspecified atom stereocenters. The van der Waals surface area contributed by atoms with E-state index in [4.69, 9.17) is 4.74 Å². The predicted molar refractivity (Wildman–Crippen MR) is 85.3 cm³/mol. The van der Waals surface area contributed by atoms with Crippen LogP contribution in [0.15, 0.2) is 40.9 Å². The fourth-order valence-electron chi connectivity index (χ4n) is 2.16. The van der Waals surface area contributed by atoms with Crippen molar-refractivity contribution in [1.82, 2.24) is 0 Å². The molecule has 2 rings (SSSR count). The van der Waals surface area contributed by atoms with E-state index in [1.165, 1.54) is 12.1 Å². The first-order valence-corrected chi connectivity index (χ1v) is 7.31. The highest BCUT2D eigenvalue weighted by Crippen LogP contribution is 2.30. The maximum atomic E-state index is 13.5. The van der Waals surface area contributed by atoms with Gasteiger partial charge in [0.15, 0.2) is 0 Å². The number of rotatable bonds is 5. The minimum Gasteiger partial charge on any atom is -0.497 e. The molecule has 112 valence electrons. The van der Waals surface area contributed by atoms with Gasteiger partial charge in [-0.2, -0.15) is 0 Å². The number of halogens is 2. The number of aliphatic hydroxyl groups excluding tert-OH is 1. The Morgan fingerprint density at radius 2 is 2.05 bits per heavy atom. The largest absolute Gasteiger partial charge is 0.497 e. The third-order valence-corrected chi connectivity index (χ3v) is 3.87. The number of ether oxygens (including phenoxy) is 1. The second kappa shape index (κ2) is 6.91. The van der Waals surface area contributed by atoms with Crippen molar-refractivity contribution in [3.63, 3.8) is 0 Å². The molecule has 2 aromatic carbocycles. The molecular weight excluding hydrogens is 337 g/mol. The summed E-state index contributed by atoms with van der Waals surface area (Å²) in [6, 6.07) is 9.86. The Balaban J connectivity index is 2.31. The van der Waals surface area contributed by atoms with Crippen LogP contribution in [0, 0.1) is 12.7 Å². The van der Waals surface area contributed by atoms with Crippen molar-refractivity contribution < 1.29 is 14.2 Å². The van der Waals surface area contributed by atoms with Crippen molar-refractivity contribution in [1.29, 1.82) is 0 Å². The summed E-state index contributed by atoms with van der Waals surface area (Å²) in [5, 5.41) is 12.8. The molecule has 0 aliphatic rings. The fraction of sp³-hybridized carbons (Fsp3) is 0.250. The van der Waals surface area contributed by atoms with Gasteiger partial charge in [0.1, 0.15) is 11.6 Å². The topological polar surface area (TPSA) is 41.5 Å². The van der Waals surface area contributed by atoms with Crippen LogP contribution in [0.5, 0.6) is 5.75 Å². The molecule has 0 saturated heterocycles. The van der Waals surface area contributed by atoms with Gasteiger partial charge in [-0.25, -0.2) is 4.39 Å². The lowest BCUT2D eigenvalue weighted by Crippen LogP contribution is -2.15. The Morgan fingerprint density at radius 3 is 2.67 bits per heavy atom. The summed E-state index contributed by atoms with van der Waals surface area (Å²) in [5.41, 5.74) is 2.29.